The van der Waals surface area contributed by atoms with Crippen molar-refractivity contribution in [2.45, 2.75) is 30.9 Å². The highest BCUT2D eigenvalue weighted by Crippen LogP contribution is 2.44. The van der Waals surface area contributed by atoms with Crippen molar-refractivity contribution in [1.82, 2.24) is 4.90 Å². The molecule has 1 atom stereocenters. The molecule has 1 amide bonds. The van der Waals surface area contributed by atoms with Gasteiger partial charge in [0.15, 0.2) is 11.5 Å². The molecule has 1 aliphatic heterocycles. The van der Waals surface area contributed by atoms with Crippen LogP contribution in [0.1, 0.15) is 35.4 Å². The lowest BCUT2D eigenvalue weighted by Gasteiger charge is -2.32. The summed E-state index contributed by atoms with van der Waals surface area (Å²) in [6.07, 6.45) is 3.79. The van der Waals surface area contributed by atoms with Crippen LogP contribution in [0, 0.1) is 0 Å². The summed E-state index contributed by atoms with van der Waals surface area (Å²) in [5.74, 6) is 0.0868. The number of alkyl halides is 2. The highest BCUT2D eigenvalue weighted by Gasteiger charge is 2.49. The fraction of sp³-hybridized carbons (Fsp3) is 0.333. The predicted molar refractivity (Wildman–Crippen MR) is 118 cm³/mol. The molecule has 2 N–H and O–H groups in total. The summed E-state index contributed by atoms with van der Waals surface area (Å²) in [4.78, 5) is 28.8. The molecule has 1 saturated carbocycles. The van der Waals surface area contributed by atoms with Gasteiger partial charge in [-0.25, -0.2) is 14.8 Å². The lowest BCUT2D eigenvalue weighted by Crippen LogP contribution is -2.41. The summed E-state index contributed by atoms with van der Waals surface area (Å²) >= 11 is 0. The second-order valence-electron chi connectivity index (χ2n) is 7.99. The first-order chi connectivity index (χ1) is 15.8. The van der Waals surface area contributed by atoms with Crippen molar-refractivity contribution in [3.8, 4) is 5.75 Å². The highest BCUT2D eigenvalue weighted by molar-refractivity contribution is 6.08. The molecule has 33 heavy (non-hydrogen) atoms. The monoisotopic (exact) mass is 457 g/mol. The number of aliphatic imine (C=N–C) groups is 1. The van der Waals surface area contributed by atoms with Gasteiger partial charge in [0.1, 0.15) is 12.4 Å². The van der Waals surface area contributed by atoms with Crippen molar-refractivity contribution < 1.29 is 28.1 Å². The van der Waals surface area contributed by atoms with E-state index in [0.717, 1.165) is 18.4 Å². The number of guanidine groups is 1. The Morgan fingerprint density at radius 2 is 1.94 bits per heavy atom. The Kier molecular flexibility index (Phi) is 6.44. The third-order valence-electron chi connectivity index (χ3n) is 6.09. The number of carbonyl (C=O) groups is 1. The van der Waals surface area contributed by atoms with Crippen molar-refractivity contribution in [3.63, 3.8) is 0 Å². The Balaban J connectivity index is 1.67. The van der Waals surface area contributed by atoms with E-state index in [1.165, 1.54) is 29.7 Å². The molecule has 0 saturated heterocycles. The summed E-state index contributed by atoms with van der Waals surface area (Å²) in [7, 11) is 3.03. The van der Waals surface area contributed by atoms with Crippen LogP contribution in [0.5, 0.6) is 5.75 Å². The van der Waals surface area contributed by atoms with Gasteiger partial charge in [-0.15, -0.1) is 0 Å². The van der Waals surface area contributed by atoms with Crippen molar-refractivity contribution in [3.05, 3.63) is 76.9 Å². The first-order valence-corrected chi connectivity index (χ1v) is 10.5. The maximum atomic E-state index is 13.4. The maximum Gasteiger partial charge on any atom is 0.387 e. The molecule has 0 radical (unpaired) electrons. The summed E-state index contributed by atoms with van der Waals surface area (Å²) < 4.78 is 29.6. The number of carbonyl (C=O) groups excluding carboxylic acids is 1. The van der Waals surface area contributed by atoms with Crippen LogP contribution in [0.25, 0.3) is 0 Å². The molecule has 2 aromatic rings. The van der Waals surface area contributed by atoms with E-state index in [2.05, 4.69) is 14.6 Å². The minimum atomic E-state index is -2.93. The fourth-order valence-electron chi connectivity index (χ4n) is 4.27. The van der Waals surface area contributed by atoms with E-state index >= 15 is 0 Å². The highest BCUT2D eigenvalue weighted by atomic mass is 19.3. The van der Waals surface area contributed by atoms with Gasteiger partial charge in [-0.05, 0) is 47.6 Å². The summed E-state index contributed by atoms with van der Waals surface area (Å²) in [6.45, 7) is -2.53. The second kappa shape index (κ2) is 9.29. The Morgan fingerprint density at radius 3 is 2.55 bits per heavy atom. The predicted octanol–water partition coefficient (Wildman–Crippen LogP) is 3.70. The zero-order chi connectivity index (χ0) is 23.6. The molecule has 2 aromatic carbocycles. The number of rotatable bonds is 8. The largest absolute Gasteiger partial charge is 0.435 e. The lowest BCUT2D eigenvalue weighted by atomic mass is 9.74. The second-order valence-corrected chi connectivity index (χ2v) is 7.99. The number of likely N-dealkylation sites (N-methyl/N-ethyl adjacent to an activating group) is 1. The summed E-state index contributed by atoms with van der Waals surface area (Å²) in [5, 5.41) is 0. The van der Waals surface area contributed by atoms with Gasteiger partial charge in [-0.3, -0.25) is 9.69 Å². The molecule has 1 heterocycles. The Bertz CT molecular complexity index is 1080. The molecule has 9 heteroatoms. The smallest absolute Gasteiger partial charge is 0.387 e. The van der Waals surface area contributed by atoms with E-state index in [1.807, 2.05) is 30.3 Å². The minimum absolute atomic E-state index is 0.000333. The Labute approximate surface area is 190 Å². The van der Waals surface area contributed by atoms with Gasteiger partial charge in [-0.2, -0.15) is 8.78 Å². The van der Waals surface area contributed by atoms with E-state index in [9.17, 15) is 13.6 Å². The molecule has 1 fully saturated rings. The molecule has 0 spiro atoms. The molecule has 0 bridgehead atoms. The third kappa shape index (κ3) is 4.34. The molecular weight excluding hydrogens is 432 g/mol. The third-order valence-corrected chi connectivity index (χ3v) is 6.09. The number of nitrogens with two attached hydrogens (primary N) is 1. The van der Waals surface area contributed by atoms with Crippen molar-refractivity contribution in [1.29, 1.82) is 0 Å². The van der Waals surface area contributed by atoms with Gasteiger partial charge in [0.25, 0.3) is 5.91 Å². The normalized spacial score (nSPS) is 22.4. The molecule has 1 aliphatic carbocycles. The minimum Gasteiger partial charge on any atom is -0.435 e. The van der Waals surface area contributed by atoms with Gasteiger partial charge in [0, 0.05) is 7.05 Å². The van der Waals surface area contributed by atoms with Crippen LogP contribution in [0.4, 0.5) is 8.78 Å². The van der Waals surface area contributed by atoms with Crippen molar-refractivity contribution >= 4 is 11.9 Å². The first-order valence-electron chi connectivity index (χ1n) is 10.5. The van der Waals surface area contributed by atoms with Crippen LogP contribution in [0.2, 0.25) is 0 Å². The number of hydrogen-bond donors (Lipinski definition) is 1. The summed E-state index contributed by atoms with van der Waals surface area (Å²) in [5.41, 5.74) is 8.19. The van der Waals surface area contributed by atoms with E-state index in [4.69, 9.17) is 10.6 Å². The van der Waals surface area contributed by atoms with Crippen LogP contribution >= 0.6 is 0 Å². The molecule has 174 valence electrons. The molecule has 7 nitrogen and oxygen atoms in total. The topological polar surface area (TPSA) is 86.4 Å². The average molecular weight is 457 g/mol. The van der Waals surface area contributed by atoms with Crippen LogP contribution in [-0.4, -0.2) is 44.1 Å². The SMILES string of the molecule is COOCC=C1CC(c2cccc(C3(c4ccc(OC(F)F)cc4)N=C(N)N(C)C3=O)c2)C1. The van der Waals surface area contributed by atoms with E-state index in [1.54, 1.807) is 19.2 Å². The van der Waals surface area contributed by atoms with Gasteiger partial charge in [0.05, 0.1) is 7.11 Å². The van der Waals surface area contributed by atoms with E-state index < -0.39 is 12.2 Å². The Hall–Kier alpha value is -3.30. The van der Waals surface area contributed by atoms with Gasteiger partial charge < -0.3 is 10.5 Å². The van der Waals surface area contributed by atoms with Crippen LogP contribution < -0.4 is 10.5 Å². The molecule has 0 aromatic heterocycles. The summed E-state index contributed by atoms with van der Waals surface area (Å²) in [6, 6.07) is 13.7. The number of benzene rings is 2. The zero-order valence-electron chi connectivity index (χ0n) is 18.3. The van der Waals surface area contributed by atoms with Crippen LogP contribution in [-0.2, 0) is 20.1 Å². The Morgan fingerprint density at radius 1 is 1.21 bits per heavy atom. The number of hydrogen-bond acceptors (Lipinski definition) is 6. The lowest BCUT2D eigenvalue weighted by molar-refractivity contribution is -0.263. The van der Waals surface area contributed by atoms with Gasteiger partial charge in [0.2, 0.25) is 0 Å². The molecule has 4 rings (SSSR count). The number of halogens is 2. The molecule has 1 unspecified atom stereocenters. The van der Waals surface area contributed by atoms with Crippen LogP contribution in [0.3, 0.4) is 0 Å². The number of ether oxygens (including phenoxy) is 1. The average Bonchev–Trinajstić information content (AvgIpc) is 3.00. The molecule has 2 aliphatic rings. The quantitative estimate of drug-likeness (QED) is 0.283. The first kappa shape index (κ1) is 22.9. The molecular formula is C24H25F2N3O4. The van der Waals surface area contributed by atoms with Gasteiger partial charge >= 0.3 is 6.61 Å². The van der Waals surface area contributed by atoms with Crippen molar-refractivity contribution in [2.24, 2.45) is 10.7 Å². The van der Waals surface area contributed by atoms with Crippen molar-refractivity contribution in [2.75, 3.05) is 20.8 Å². The fourth-order valence-corrected chi connectivity index (χ4v) is 4.27. The number of allylic oxidation sites excluding steroid dienone is 1. The maximum absolute atomic E-state index is 13.4. The van der Waals surface area contributed by atoms with Crippen LogP contribution in [0.15, 0.2) is 65.2 Å². The van der Waals surface area contributed by atoms with E-state index in [0.29, 0.717) is 23.7 Å². The zero-order valence-corrected chi connectivity index (χ0v) is 18.3. The number of amides is 1. The number of nitrogens with zero attached hydrogens (tertiary/aromatic N) is 2. The van der Waals surface area contributed by atoms with Gasteiger partial charge in [-0.1, -0.05) is 48.0 Å². The standard InChI is InChI=1S/C24H25F2N3O4/c1-29-21(30)24(28-23(29)27,18-6-8-20(9-7-18)33-22(25)26)19-5-3-4-16(14-19)17-12-15(13-17)10-11-32-31-2/h3-10,14,17,22H,11-13H2,1-2H3,(H2,27,28). The van der Waals surface area contributed by atoms with E-state index in [-0.39, 0.29) is 17.6 Å².